The molecule has 4 N–H and O–H groups in total. The number of hydrogen-bond donors (Lipinski definition) is 4. The smallest absolute Gasteiger partial charge is 0.290 e. The Kier molecular flexibility index (Phi) is 21.6. The molecule has 1 saturated carbocycles. The molecular formula is C44H74N6O7. The van der Waals surface area contributed by atoms with Crippen molar-refractivity contribution in [2.75, 3.05) is 27.2 Å². The SMILES string of the molecule is C=C(NC(C(=O)N1CCCC1C(=O)NC(CC1CC1)C(=O)C(=O)NCC(=O)NC(C(=O)N(C)C)c1ccccc1)C(C)(C)CC)OC(C)(C)CCC.CC.CCC. The van der Waals surface area contributed by atoms with Gasteiger partial charge in [-0.05, 0) is 69.4 Å². The van der Waals surface area contributed by atoms with Crippen molar-refractivity contribution in [1.82, 2.24) is 31.1 Å². The maximum atomic E-state index is 14.2. The Bertz CT molecular complexity index is 1470. The van der Waals surface area contributed by atoms with Crippen LogP contribution in [0.4, 0.5) is 0 Å². The van der Waals surface area contributed by atoms with E-state index in [1.165, 1.54) is 11.3 Å². The molecule has 1 heterocycles. The Morgan fingerprint density at radius 2 is 1.51 bits per heavy atom. The zero-order valence-electron chi connectivity index (χ0n) is 37.0. The summed E-state index contributed by atoms with van der Waals surface area (Å²) in [6, 6.07) is 5.04. The van der Waals surface area contributed by atoms with Crippen LogP contribution >= 0.6 is 0 Å². The number of nitrogens with one attached hydrogen (secondary N) is 4. The van der Waals surface area contributed by atoms with Crippen molar-refractivity contribution in [3.8, 4) is 0 Å². The van der Waals surface area contributed by atoms with Gasteiger partial charge in [-0.15, -0.1) is 0 Å². The normalized spacial score (nSPS) is 16.5. The molecule has 322 valence electrons. The lowest BCUT2D eigenvalue weighted by Gasteiger charge is -2.39. The molecule has 4 atom stereocenters. The third-order valence-corrected chi connectivity index (χ3v) is 9.99. The number of nitrogens with zero attached hydrogens (tertiary/aromatic N) is 2. The van der Waals surface area contributed by atoms with E-state index < -0.39 is 65.2 Å². The first-order chi connectivity index (χ1) is 26.8. The van der Waals surface area contributed by atoms with Crippen LogP contribution in [-0.4, -0.2) is 96.0 Å². The number of likely N-dealkylation sites (N-methyl/N-ethyl adjacent to an activating group) is 1. The molecule has 13 heteroatoms. The molecule has 13 nitrogen and oxygen atoms in total. The van der Waals surface area contributed by atoms with Crippen molar-refractivity contribution >= 4 is 35.3 Å². The van der Waals surface area contributed by atoms with E-state index in [2.05, 4.69) is 48.6 Å². The van der Waals surface area contributed by atoms with Gasteiger partial charge >= 0.3 is 0 Å². The highest BCUT2D eigenvalue weighted by molar-refractivity contribution is 6.38. The van der Waals surface area contributed by atoms with Gasteiger partial charge in [0, 0.05) is 20.6 Å². The van der Waals surface area contributed by atoms with Crippen LogP contribution < -0.4 is 21.3 Å². The van der Waals surface area contributed by atoms with Crippen molar-refractivity contribution in [1.29, 1.82) is 0 Å². The largest absolute Gasteiger partial charge is 0.474 e. The highest BCUT2D eigenvalue weighted by Crippen LogP contribution is 2.34. The van der Waals surface area contributed by atoms with Gasteiger partial charge in [0.2, 0.25) is 29.4 Å². The number of carbonyl (C=O) groups is 6. The minimum atomic E-state index is -1.12. The molecule has 57 heavy (non-hydrogen) atoms. The van der Waals surface area contributed by atoms with E-state index in [1.54, 1.807) is 49.3 Å². The van der Waals surface area contributed by atoms with Gasteiger partial charge in [0.1, 0.15) is 23.7 Å². The fourth-order valence-corrected chi connectivity index (χ4v) is 6.44. The number of ether oxygens (including phenoxy) is 1. The summed E-state index contributed by atoms with van der Waals surface area (Å²) < 4.78 is 6.10. The average molecular weight is 799 g/mol. The van der Waals surface area contributed by atoms with E-state index >= 15 is 0 Å². The van der Waals surface area contributed by atoms with Gasteiger partial charge in [0.05, 0.1) is 12.6 Å². The van der Waals surface area contributed by atoms with Gasteiger partial charge < -0.3 is 35.8 Å². The average Bonchev–Trinajstić information content (AvgIpc) is 3.85. The number of amides is 5. The molecule has 0 bridgehead atoms. The number of carbonyl (C=O) groups excluding carboxylic acids is 6. The van der Waals surface area contributed by atoms with Crippen molar-refractivity contribution in [2.24, 2.45) is 11.3 Å². The summed E-state index contributed by atoms with van der Waals surface area (Å²) in [4.78, 5) is 83.1. The van der Waals surface area contributed by atoms with Crippen molar-refractivity contribution in [3.63, 3.8) is 0 Å². The summed E-state index contributed by atoms with van der Waals surface area (Å²) in [6.07, 6.45) is 6.66. The third kappa shape index (κ3) is 16.5. The predicted molar refractivity (Wildman–Crippen MR) is 226 cm³/mol. The molecule has 5 amide bonds. The van der Waals surface area contributed by atoms with Crippen LogP contribution in [0.5, 0.6) is 0 Å². The second kappa shape index (κ2) is 24.4. The van der Waals surface area contributed by atoms with Gasteiger partial charge in [-0.2, -0.15) is 0 Å². The molecule has 1 aliphatic carbocycles. The number of likely N-dealkylation sites (tertiary alicyclic amines) is 1. The number of benzene rings is 1. The number of hydrogen-bond acceptors (Lipinski definition) is 8. The van der Waals surface area contributed by atoms with Crippen molar-refractivity contribution in [3.05, 3.63) is 48.4 Å². The van der Waals surface area contributed by atoms with Crippen LogP contribution in [0, 0.1) is 11.3 Å². The first-order valence-electron chi connectivity index (χ1n) is 20.9. The summed E-state index contributed by atoms with van der Waals surface area (Å²) in [6.45, 7) is 24.1. The molecule has 1 aromatic rings. The molecule has 0 spiro atoms. The summed E-state index contributed by atoms with van der Waals surface area (Å²) >= 11 is 0. The number of Topliss-reactive ketones (excluding diaryl/α,β-unsaturated/α-hetero) is 1. The second-order valence-corrected chi connectivity index (χ2v) is 16.3. The second-order valence-electron chi connectivity index (χ2n) is 16.3. The van der Waals surface area contributed by atoms with Gasteiger partial charge in [-0.25, -0.2) is 0 Å². The quantitative estimate of drug-likeness (QED) is 0.0950. The first-order valence-corrected chi connectivity index (χ1v) is 20.9. The maximum Gasteiger partial charge on any atom is 0.290 e. The molecular weight excluding hydrogens is 725 g/mol. The fourth-order valence-electron chi connectivity index (χ4n) is 6.44. The van der Waals surface area contributed by atoms with Crippen LogP contribution in [-0.2, 0) is 33.5 Å². The molecule has 1 aliphatic heterocycles. The van der Waals surface area contributed by atoms with Crippen molar-refractivity contribution in [2.45, 2.75) is 157 Å². The highest BCUT2D eigenvalue weighted by atomic mass is 16.5. The van der Waals surface area contributed by atoms with E-state index in [1.807, 2.05) is 48.5 Å². The van der Waals surface area contributed by atoms with E-state index in [9.17, 15) is 28.8 Å². The number of rotatable bonds is 20. The lowest BCUT2D eigenvalue weighted by atomic mass is 9.81. The zero-order chi connectivity index (χ0) is 43.5. The summed E-state index contributed by atoms with van der Waals surface area (Å²) in [5.74, 6) is -3.22. The van der Waals surface area contributed by atoms with E-state index in [0.29, 0.717) is 31.4 Å². The summed E-state index contributed by atoms with van der Waals surface area (Å²) in [7, 11) is 3.15. The zero-order valence-corrected chi connectivity index (χ0v) is 37.0. The molecule has 3 rings (SSSR count). The van der Waals surface area contributed by atoms with Gasteiger partial charge in [0.25, 0.3) is 5.91 Å². The minimum absolute atomic E-state index is 0.178. The summed E-state index contributed by atoms with van der Waals surface area (Å²) in [5.41, 5.74) is -0.427. The molecule has 1 saturated heterocycles. The Hall–Kier alpha value is -4.42. The van der Waals surface area contributed by atoms with Crippen LogP contribution in [0.2, 0.25) is 0 Å². The first kappa shape index (κ1) is 50.6. The van der Waals surface area contributed by atoms with E-state index in [-0.39, 0.29) is 30.0 Å². The molecule has 1 aromatic carbocycles. The minimum Gasteiger partial charge on any atom is -0.474 e. The molecule has 2 fully saturated rings. The standard InChI is InChI=1S/C39H60N6O7.C3H8.C2H6/c1-10-21-39(6,7)52-25(3)41-33(38(4,5)11-2)37(51)45-22-15-18-29(45)34(48)42-28(23-26-19-20-26)32(47)35(49)40-24-30(46)43-31(36(50)44(8)9)27-16-13-12-14-17-27;1-3-2;1-2/h12-14,16-17,26,28-29,31,33,41H,3,10-11,15,18-24H2,1-2,4-9H3,(H,40,49)(H,42,48)(H,43,46);3H2,1-2H3;1-2H3. The maximum absolute atomic E-state index is 14.2. The molecule has 0 aromatic heterocycles. The Labute approximate surface area is 342 Å². The van der Waals surface area contributed by atoms with Crippen LogP contribution in [0.1, 0.15) is 139 Å². The van der Waals surface area contributed by atoms with Gasteiger partial charge in [-0.1, -0.05) is 111 Å². The summed E-state index contributed by atoms with van der Waals surface area (Å²) in [5, 5.41) is 11.0. The molecule has 2 aliphatic rings. The van der Waals surface area contributed by atoms with E-state index in [0.717, 1.165) is 25.7 Å². The van der Waals surface area contributed by atoms with Gasteiger partial charge in [0.15, 0.2) is 5.88 Å². The topological polar surface area (TPSA) is 166 Å². The van der Waals surface area contributed by atoms with Crippen LogP contribution in [0.3, 0.4) is 0 Å². The van der Waals surface area contributed by atoms with Crippen LogP contribution in [0.15, 0.2) is 42.8 Å². The number of ketones is 1. The predicted octanol–water partition coefficient (Wildman–Crippen LogP) is 5.80. The Morgan fingerprint density at radius 3 is 2.04 bits per heavy atom. The lowest BCUT2D eigenvalue weighted by Crippen LogP contribution is -2.58. The van der Waals surface area contributed by atoms with Crippen LogP contribution in [0.25, 0.3) is 0 Å². The monoisotopic (exact) mass is 799 g/mol. The Morgan fingerprint density at radius 1 is 0.912 bits per heavy atom. The molecule has 0 radical (unpaired) electrons. The Balaban J connectivity index is 0.00000309. The van der Waals surface area contributed by atoms with E-state index in [4.69, 9.17) is 4.74 Å². The van der Waals surface area contributed by atoms with Crippen molar-refractivity contribution < 1.29 is 33.5 Å². The fraction of sp³-hybridized carbons (Fsp3) is 0.682. The van der Waals surface area contributed by atoms with Gasteiger partial charge in [-0.3, -0.25) is 28.8 Å². The third-order valence-electron chi connectivity index (χ3n) is 9.99. The molecule has 4 unspecified atom stereocenters. The lowest BCUT2D eigenvalue weighted by molar-refractivity contribution is -0.144. The highest BCUT2D eigenvalue weighted by Gasteiger charge is 2.44.